The van der Waals surface area contributed by atoms with Gasteiger partial charge in [-0.3, -0.25) is 4.79 Å². The molecule has 178 valence electrons. The maximum Gasteiger partial charge on any atom is 0.193 e. The number of nitrogens with one attached hydrogen (secondary N) is 2. The highest BCUT2D eigenvalue weighted by molar-refractivity contribution is 7.80. The SMILES string of the molecule is CC(C)c1ccc(CCCNC(=S)Nc2cccc(C(=O)c3ccc(C(C)(C)C)cc3)c2)cc1. The van der Waals surface area contributed by atoms with Crippen molar-refractivity contribution in [2.75, 3.05) is 11.9 Å². The molecule has 3 rings (SSSR count). The zero-order valence-corrected chi connectivity index (χ0v) is 21.8. The molecule has 0 heterocycles. The van der Waals surface area contributed by atoms with E-state index in [1.807, 2.05) is 48.5 Å². The van der Waals surface area contributed by atoms with Crippen LogP contribution in [-0.4, -0.2) is 17.4 Å². The molecule has 2 N–H and O–H groups in total. The van der Waals surface area contributed by atoms with Crippen molar-refractivity contribution in [2.24, 2.45) is 0 Å². The summed E-state index contributed by atoms with van der Waals surface area (Å²) in [6.45, 7) is 11.7. The number of carbonyl (C=O) groups excluding carboxylic acids is 1. The molecule has 0 aliphatic rings. The molecule has 0 atom stereocenters. The molecule has 0 saturated carbocycles. The normalized spacial score (nSPS) is 11.4. The van der Waals surface area contributed by atoms with Crippen LogP contribution in [0.25, 0.3) is 0 Å². The molecule has 34 heavy (non-hydrogen) atoms. The number of ketones is 1. The number of anilines is 1. The summed E-state index contributed by atoms with van der Waals surface area (Å²) in [5.41, 5.74) is 6.12. The molecule has 0 radical (unpaired) electrons. The van der Waals surface area contributed by atoms with Gasteiger partial charge in [0.25, 0.3) is 0 Å². The van der Waals surface area contributed by atoms with E-state index >= 15 is 0 Å². The fourth-order valence-electron chi connectivity index (χ4n) is 3.77. The van der Waals surface area contributed by atoms with Crippen LogP contribution in [0.5, 0.6) is 0 Å². The fourth-order valence-corrected chi connectivity index (χ4v) is 3.99. The van der Waals surface area contributed by atoms with Crippen LogP contribution in [-0.2, 0) is 11.8 Å². The number of hydrogen-bond acceptors (Lipinski definition) is 2. The van der Waals surface area contributed by atoms with Crippen LogP contribution in [0.3, 0.4) is 0 Å². The van der Waals surface area contributed by atoms with E-state index in [-0.39, 0.29) is 11.2 Å². The van der Waals surface area contributed by atoms with Gasteiger partial charge in [0.05, 0.1) is 0 Å². The van der Waals surface area contributed by atoms with Crippen LogP contribution in [0.2, 0.25) is 0 Å². The van der Waals surface area contributed by atoms with E-state index in [0.717, 1.165) is 25.1 Å². The highest BCUT2D eigenvalue weighted by atomic mass is 32.1. The third-order valence-electron chi connectivity index (χ3n) is 5.97. The quantitative estimate of drug-likeness (QED) is 0.206. The Balaban J connectivity index is 1.50. The third-order valence-corrected chi connectivity index (χ3v) is 6.22. The standard InChI is InChI=1S/C30H36N2OS/c1-21(2)23-13-11-22(12-14-23)8-7-19-31-29(34)32-27-10-6-9-25(20-27)28(33)24-15-17-26(18-16-24)30(3,4)5/h6,9-18,20-21H,7-8,19H2,1-5H3,(H2,31,32,34). The summed E-state index contributed by atoms with van der Waals surface area (Å²) in [6.07, 6.45) is 2.00. The number of rotatable bonds is 8. The zero-order valence-electron chi connectivity index (χ0n) is 20.9. The Morgan fingerprint density at radius 1 is 0.912 bits per heavy atom. The first kappa shape index (κ1) is 25.6. The lowest BCUT2D eigenvalue weighted by atomic mass is 9.86. The minimum absolute atomic E-state index is 0.00599. The predicted molar refractivity (Wildman–Crippen MR) is 148 cm³/mol. The Morgan fingerprint density at radius 3 is 2.21 bits per heavy atom. The Hall–Kier alpha value is -2.98. The highest BCUT2D eigenvalue weighted by Crippen LogP contribution is 2.23. The second kappa shape index (κ2) is 11.4. The molecule has 4 heteroatoms. The van der Waals surface area contributed by atoms with E-state index in [9.17, 15) is 4.79 Å². The van der Waals surface area contributed by atoms with Crippen LogP contribution in [0.1, 0.15) is 79.6 Å². The van der Waals surface area contributed by atoms with Gasteiger partial charge < -0.3 is 10.6 Å². The molecular weight excluding hydrogens is 436 g/mol. The summed E-state index contributed by atoms with van der Waals surface area (Å²) in [4.78, 5) is 13.0. The van der Waals surface area contributed by atoms with Gasteiger partial charge in [0.1, 0.15) is 0 Å². The van der Waals surface area contributed by atoms with E-state index in [4.69, 9.17) is 12.2 Å². The van der Waals surface area contributed by atoms with Gasteiger partial charge in [-0.1, -0.05) is 95.3 Å². The fraction of sp³-hybridized carbons (Fsp3) is 0.333. The maximum absolute atomic E-state index is 13.0. The summed E-state index contributed by atoms with van der Waals surface area (Å²) in [6, 6.07) is 24.2. The van der Waals surface area contributed by atoms with E-state index in [1.165, 1.54) is 16.7 Å². The number of hydrogen-bond donors (Lipinski definition) is 2. The molecule has 0 amide bonds. The van der Waals surface area contributed by atoms with Crippen molar-refractivity contribution in [1.29, 1.82) is 0 Å². The lowest BCUT2D eigenvalue weighted by Gasteiger charge is -2.19. The van der Waals surface area contributed by atoms with Gasteiger partial charge in [-0.2, -0.15) is 0 Å². The molecule has 3 aromatic rings. The second-order valence-corrected chi connectivity index (χ2v) is 10.5. The molecular formula is C30H36N2OS. The first-order valence-corrected chi connectivity index (χ1v) is 12.4. The molecule has 0 aromatic heterocycles. The summed E-state index contributed by atoms with van der Waals surface area (Å²) in [5.74, 6) is 0.563. The monoisotopic (exact) mass is 472 g/mol. The van der Waals surface area contributed by atoms with Crippen molar-refractivity contribution < 1.29 is 4.79 Å². The Morgan fingerprint density at radius 2 is 1.59 bits per heavy atom. The van der Waals surface area contributed by atoms with Gasteiger partial charge in [0.2, 0.25) is 0 Å². The highest BCUT2D eigenvalue weighted by Gasteiger charge is 2.15. The minimum atomic E-state index is 0.00599. The molecule has 3 nitrogen and oxygen atoms in total. The van der Waals surface area contributed by atoms with Crippen molar-refractivity contribution in [3.05, 3.63) is 101 Å². The van der Waals surface area contributed by atoms with Gasteiger partial charge in [0, 0.05) is 23.4 Å². The number of benzene rings is 3. The smallest absolute Gasteiger partial charge is 0.193 e. The van der Waals surface area contributed by atoms with E-state index in [2.05, 4.69) is 69.5 Å². The Kier molecular flexibility index (Phi) is 8.62. The van der Waals surface area contributed by atoms with Gasteiger partial charge in [0.15, 0.2) is 10.9 Å². The number of thiocarbonyl (C=S) groups is 1. The molecule has 0 saturated heterocycles. The zero-order chi connectivity index (χ0) is 24.7. The van der Waals surface area contributed by atoms with Crippen LogP contribution in [0.4, 0.5) is 5.69 Å². The molecule has 0 fully saturated rings. The topological polar surface area (TPSA) is 41.1 Å². The number of carbonyl (C=O) groups is 1. The van der Waals surface area contributed by atoms with E-state index in [1.54, 1.807) is 0 Å². The van der Waals surface area contributed by atoms with E-state index < -0.39 is 0 Å². The van der Waals surface area contributed by atoms with Gasteiger partial charge in [-0.25, -0.2) is 0 Å². The summed E-state index contributed by atoms with van der Waals surface area (Å²) < 4.78 is 0. The average molecular weight is 473 g/mol. The van der Waals surface area contributed by atoms with Gasteiger partial charge in [-0.15, -0.1) is 0 Å². The van der Waals surface area contributed by atoms with Crippen LogP contribution < -0.4 is 10.6 Å². The minimum Gasteiger partial charge on any atom is -0.362 e. The molecule has 3 aromatic carbocycles. The van der Waals surface area contributed by atoms with Crippen molar-refractivity contribution in [2.45, 2.75) is 58.8 Å². The summed E-state index contributed by atoms with van der Waals surface area (Å²) >= 11 is 5.46. The molecule has 0 spiro atoms. The average Bonchev–Trinajstić information content (AvgIpc) is 2.81. The predicted octanol–water partition coefficient (Wildman–Crippen LogP) is 7.26. The van der Waals surface area contributed by atoms with Gasteiger partial charge >= 0.3 is 0 Å². The largest absolute Gasteiger partial charge is 0.362 e. The lowest BCUT2D eigenvalue weighted by molar-refractivity contribution is 0.103. The van der Waals surface area contributed by atoms with E-state index in [0.29, 0.717) is 22.2 Å². The Labute approximate surface area is 210 Å². The number of aryl methyl sites for hydroxylation is 1. The second-order valence-electron chi connectivity index (χ2n) is 10.1. The molecule has 0 unspecified atom stereocenters. The van der Waals surface area contributed by atoms with Crippen LogP contribution >= 0.6 is 12.2 Å². The lowest BCUT2D eigenvalue weighted by Crippen LogP contribution is -2.29. The van der Waals surface area contributed by atoms with Crippen LogP contribution in [0.15, 0.2) is 72.8 Å². The third kappa shape index (κ3) is 7.26. The maximum atomic E-state index is 13.0. The first-order chi connectivity index (χ1) is 16.1. The van der Waals surface area contributed by atoms with Crippen molar-refractivity contribution in [1.82, 2.24) is 5.32 Å². The molecule has 0 aliphatic carbocycles. The van der Waals surface area contributed by atoms with Crippen molar-refractivity contribution in [3.8, 4) is 0 Å². The summed E-state index contributed by atoms with van der Waals surface area (Å²) in [7, 11) is 0. The molecule has 0 bridgehead atoms. The van der Waals surface area contributed by atoms with Crippen LogP contribution in [0, 0.1) is 0 Å². The Bertz CT molecular complexity index is 1110. The summed E-state index contributed by atoms with van der Waals surface area (Å²) in [5, 5.41) is 7.04. The van der Waals surface area contributed by atoms with Gasteiger partial charge in [-0.05, 0) is 65.2 Å². The molecule has 0 aliphatic heterocycles. The van der Waals surface area contributed by atoms with Crippen molar-refractivity contribution in [3.63, 3.8) is 0 Å². The van der Waals surface area contributed by atoms with Crippen molar-refractivity contribution >= 4 is 28.8 Å². The first-order valence-electron chi connectivity index (χ1n) is 12.0.